The van der Waals surface area contributed by atoms with Crippen LogP contribution >= 0.6 is 23.2 Å². The van der Waals surface area contributed by atoms with Gasteiger partial charge in [-0.15, -0.1) is 0 Å². The molecule has 132 valence electrons. The number of amides is 1. The van der Waals surface area contributed by atoms with Gasteiger partial charge in [0.15, 0.2) is 0 Å². The molecule has 6 heteroatoms. The Bertz CT molecular complexity index is 787. The van der Waals surface area contributed by atoms with Crippen LogP contribution in [0, 0.1) is 0 Å². The Labute approximate surface area is 156 Å². The summed E-state index contributed by atoms with van der Waals surface area (Å²) in [6, 6.07) is 11.1. The number of primary amides is 1. The summed E-state index contributed by atoms with van der Waals surface area (Å²) in [5.74, 6) is -0.502. The Morgan fingerprint density at radius 1 is 1.12 bits per heavy atom. The van der Waals surface area contributed by atoms with Crippen molar-refractivity contribution in [2.45, 2.75) is 37.8 Å². The van der Waals surface area contributed by atoms with E-state index in [1.54, 1.807) is 12.1 Å². The van der Waals surface area contributed by atoms with Crippen molar-refractivity contribution in [3.8, 4) is 11.1 Å². The van der Waals surface area contributed by atoms with E-state index in [0.717, 1.165) is 36.8 Å². The summed E-state index contributed by atoms with van der Waals surface area (Å²) >= 11 is 12.4. The standard InChI is InChI=1S/C19H20Cl2N2O2/c20-16-3-1-2-14(18(16)21)11-4-9-17(15(10-11)19(22)25)23-12-5-7-13(24)8-6-12/h1-4,9-10,12-13,23-24H,5-8H2,(H2,22,25). The van der Waals surface area contributed by atoms with Crippen LogP contribution in [-0.2, 0) is 0 Å². The second-order valence-electron chi connectivity index (χ2n) is 6.38. The van der Waals surface area contributed by atoms with E-state index in [9.17, 15) is 9.90 Å². The Morgan fingerprint density at radius 3 is 2.52 bits per heavy atom. The van der Waals surface area contributed by atoms with E-state index in [1.165, 1.54) is 0 Å². The molecule has 0 aliphatic heterocycles. The lowest BCUT2D eigenvalue weighted by Crippen LogP contribution is -2.29. The van der Waals surface area contributed by atoms with Crippen LogP contribution in [0.25, 0.3) is 11.1 Å². The third-order valence-electron chi connectivity index (χ3n) is 4.60. The van der Waals surface area contributed by atoms with Crippen LogP contribution in [0.4, 0.5) is 5.69 Å². The fraction of sp³-hybridized carbons (Fsp3) is 0.316. The van der Waals surface area contributed by atoms with E-state index in [2.05, 4.69) is 5.32 Å². The van der Waals surface area contributed by atoms with Crippen molar-refractivity contribution < 1.29 is 9.90 Å². The van der Waals surface area contributed by atoms with E-state index in [4.69, 9.17) is 28.9 Å². The highest BCUT2D eigenvalue weighted by molar-refractivity contribution is 6.43. The second-order valence-corrected chi connectivity index (χ2v) is 7.16. The highest BCUT2D eigenvalue weighted by Gasteiger charge is 2.21. The number of nitrogens with two attached hydrogens (primary N) is 1. The lowest BCUT2D eigenvalue weighted by molar-refractivity contribution is 0.100. The molecule has 0 heterocycles. The number of carbonyl (C=O) groups is 1. The van der Waals surface area contributed by atoms with E-state index in [1.807, 2.05) is 24.3 Å². The first kappa shape index (κ1) is 18.1. The number of nitrogens with one attached hydrogen (secondary N) is 1. The number of aliphatic hydroxyl groups excluding tert-OH is 1. The molecule has 1 aliphatic rings. The minimum Gasteiger partial charge on any atom is -0.393 e. The highest BCUT2D eigenvalue weighted by Crippen LogP contribution is 2.35. The van der Waals surface area contributed by atoms with Crippen molar-refractivity contribution in [2.75, 3.05) is 5.32 Å². The first-order valence-electron chi connectivity index (χ1n) is 8.28. The van der Waals surface area contributed by atoms with Gasteiger partial charge in [-0.05, 0) is 49.4 Å². The van der Waals surface area contributed by atoms with Gasteiger partial charge in [0.05, 0.1) is 21.7 Å². The number of carbonyl (C=O) groups excluding carboxylic acids is 1. The first-order chi connectivity index (χ1) is 12.0. The number of anilines is 1. The molecule has 0 radical (unpaired) electrons. The summed E-state index contributed by atoms with van der Waals surface area (Å²) in [6.45, 7) is 0. The van der Waals surface area contributed by atoms with Crippen LogP contribution in [0.15, 0.2) is 36.4 Å². The Kier molecular flexibility index (Phi) is 5.52. The molecule has 0 unspecified atom stereocenters. The Morgan fingerprint density at radius 2 is 1.84 bits per heavy atom. The molecular formula is C19H20Cl2N2O2. The van der Waals surface area contributed by atoms with Crippen molar-refractivity contribution in [1.82, 2.24) is 0 Å². The van der Waals surface area contributed by atoms with Crippen molar-refractivity contribution in [2.24, 2.45) is 5.73 Å². The normalized spacial score (nSPS) is 20.3. The smallest absolute Gasteiger partial charge is 0.250 e. The molecule has 2 aromatic rings. The van der Waals surface area contributed by atoms with Crippen molar-refractivity contribution >= 4 is 34.8 Å². The van der Waals surface area contributed by atoms with Gasteiger partial charge in [0.2, 0.25) is 0 Å². The van der Waals surface area contributed by atoms with Gasteiger partial charge >= 0.3 is 0 Å². The lowest BCUT2D eigenvalue weighted by atomic mass is 9.92. The van der Waals surface area contributed by atoms with Crippen LogP contribution in [0.3, 0.4) is 0 Å². The van der Waals surface area contributed by atoms with E-state index in [0.29, 0.717) is 21.3 Å². The van der Waals surface area contributed by atoms with Gasteiger partial charge in [0, 0.05) is 17.3 Å². The van der Waals surface area contributed by atoms with E-state index < -0.39 is 5.91 Å². The molecule has 0 atom stereocenters. The third-order valence-corrected chi connectivity index (χ3v) is 5.42. The predicted octanol–water partition coefficient (Wildman–Crippen LogP) is 4.47. The summed E-state index contributed by atoms with van der Waals surface area (Å²) in [5.41, 5.74) is 8.24. The van der Waals surface area contributed by atoms with Crippen molar-refractivity contribution in [1.29, 1.82) is 0 Å². The second kappa shape index (κ2) is 7.65. The zero-order chi connectivity index (χ0) is 18.0. The van der Waals surface area contributed by atoms with Crippen molar-refractivity contribution in [3.05, 3.63) is 52.0 Å². The molecule has 4 N–H and O–H groups in total. The van der Waals surface area contributed by atoms with Crippen LogP contribution in [0.2, 0.25) is 10.0 Å². The maximum absolute atomic E-state index is 11.9. The molecule has 25 heavy (non-hydrogen) atoms. The highest BCUT2D eigenvalue weighted by atomic mass is 35.5. The number of rotatable bonds is 4. The third kappa shape index (κ3) is 4.09. The summed E-state index contributed by atoms with van der Waals surface area (Å²) in [4.78, 5) is 11.9. The minimum absolute atomic E-state index is 0.221. The molecule has 1 aliphatic carbocycles. The number of hydrogen-bond donors (Lipinski definition) is 3. The van der Waals surface area contributed by atoms with Gasteiger partial charge in [-0.25, -0.2) is 0 Å². The van der Waals surface area contributed by atoms with Gasteiger partial charge in [-0.2, -0.15) is 0 Å². The lowest BCUT2D eigenvalue weighted by Gasteiger charge is -2.27. The predicted molar refractivity (Wildman–Crippen MR) is 102 cm³/mol. The molecule has 1 amide bonds. The van der Waals surface area contributed by atoms with E-state index in [-0.39, 0.29) is 12.1 Å². The number of hydrogen-bond acceptors (Lipinski definition) is 3. The number of benzene rings is 2. The number of halogens is 2. The van der Waals surface area contributed by atoms with Gasteiger partial charge < -0.3 is 16.2 Å². The topological polar surface area (TPSA) is 75.4 Å². The summed E-state index contributed by atoms with van der Waals surface area (Å²) in [7, 11) is 0. The van der Waals surface area contributed by atoms with Crippen LogP contribution in [0.5, 0.6) is 0 Å². The molecule has 3 rings (SSSR count). The summed E-state index contributed by atoms with van der Waals surface area (Å²) in [6.07, 6.45) is 3.03. The molecule has 1 fully saturated rings. The molecule has 4 nitrogen and oxygen atoms in total. The van der Waals surface area contributed by atoms with Gasteiger partial charge in [-0.3, -0.25) is 4.79 Å². The Hall–Kier alpha value is -1.75. The zero-order valence-electron chi connectivity index (χ0n) is 13.6. The average molecular weight is 379 g/mol. The largest absolute Gasteiger partial charge is 0.393 e. The average Bonchev–Trinajstić information content (AvgIpc) is 2.59. The SMILES string of the molecule is NC(=O)c1cc(-c2cccc(Cl)c2Cl)ccc1NC1CCC(O)CC1. The maximum atomic E-state index is 11.9. The molecular weight excluding hydrogens is 359 g/mol. The Balaban J connectivity index is 1.91. The molecule has 0 saturated heterocycles. The fourth-order valence-electron chi connectivity index (χ4n) is 3.21. The maximum Gasteiger partial charge on any atom is 0.250 e. The monoisotopic (exact) mass is 378 g/mol. The number of aliphatic hydroxyl groups is 1. The fourth-order valence-corrected chi connectivity index (χ4v) is 3.62. The quantitative estimate of drug-likeness (QED) is 0.734. The zero-order valence-corrected chi connectivity index (χ0v) is 15.1. The van der Waals surface area contributed by atoms with E-state index >= 15 is 0 Å². The van der Waals surface area contributed by atoms with Gasteiger partial charge in [-0.1, -0.05) is 41.4 Å². The molecule has 1 saturated carbocycles. The molecule has 0 spiro atoms. The summed E-state index contributed by atoms with van der Waals surface area (Å²) in [5, 5.41) is 13.9. The molecule has 0 bridgehead atoms. The van der Waals surface area contributed by atoms with Crippen LogP contribution < -0.4 is 11.1 Å². The van der Waals surface area contributed by atoms with Crippen LogP contribution in [0.1, 0.15) is 36.0 Å². The van der Waals surface area contributed by atoms with Crippen molar-refractivity contribution in [3.63, 3.8) is 0 Å². The van der Waals surface area contributed by atoms with Gasteiger partial charge in [0.1, 0.15) is 0 Å². The first-order valence-corrected chi connectivity index (χ1v) is 9.04. The summed E-state index contributed by atoms with van der Waals surface area (Å²) < 4.78 is 0. The van der Waals surface area contributed by atoms with Crippen LogP contribution in [-0.4, -0.2) is 23.2 Å². The molecule has 2 aromatic carbocycles. The minimum atomic E-state index is -0.502. The molecule has 0 aromatic heterocycles. The van der Waals surface area contributed by atoms with Gasteiger partial charge in [0.25, 0.3) is 5.91 Å².